The van der Waals surface area contributed by atoms with E-state index in [0.717, 1.165) is 10.5 Å². The molecule has 2 rings (SSSR count). The molecule has 0 fully saturated rings. The molecule has 0 aliphatic carbocycles. The summed E-state index contributed by atoms with van der Waals surface area (Å²) in [5.41, 5.74) is 1.51. The fraction of sp³-hybridized carbons (Fsp3) is 0.214. The molecule has 0 atom stereocenters. The van der Waals surface area contributed by atoms with Crippen molar-refractivity contribution in [2.75, 3.05) is 4.90 Å². The molecule has 0 spiro atoms. The van der Waals surface area contributed by atoms with Gasteiger partial charge in [-0.25, -0.2) is 4.90 Å². The standard InChI is InChI=1S/C14H13NO4.ClH.H4N2/c16-12-8-9-13(17)15(12)11-6-4-10(5-7-11)2-1-3-14(18)19;;1-2/h4-9H,1-3H2,(H,18,19);1H;1-2H2. The van der Waals surface area contributed by atoms with Gasteiger partial charge in [-0.05, 0) is 30.5 Å². The maximum absolute atomic E-state index is 11.5. The van der Waals surface area contributed by atoms with E-state index in [4.69, 9.17) is 5.11 Å². The molecular formula is C14H18ClN3O4. The van der Waals surface area contributed by atoms with Crippen LogP contribution in [0, 0.1) is 0 Å². The summed E-state index contributed by atoms with van der Waals surface area (Å²) in [5, 5.41) is 8.55. The van der Waals surface area contributed by atoms with E-state index in [-0.39, 0.29) is 30.6 Å². The van der Waals surface area contributed by atoms with E-state index in [1.165, 1.54) is 12.2 Å². The topological polar surface area (TPSA) is 127 Å². The average Bonchev–Trinajstić information content (AvgIpc) is 2.81. The number of carboxylic acid groups (broad SMARTS) is 1. The van der Waals surface area contributed by atoms with Crippen molar-refractivity contribution in [2.45, 2.75) is 19.3 Å². The highest BCUT2D eigenvalue weighted by molar-refractivity contribution is 6.28. The second-order valence-electron chi connectivity index (χ2n) is 4.26. The van der Waals surface area contributed by atoms with Crippen LogP contribution in [0.3, 0.4) is 0 Å². The summed E-state index contributed by atoms with van der Waals surface area (Å²) in [6.07, 6.45) is 3.84. The summed E-state index contributed by atoms with van der Waals surface area (Å²) >= 11 is 0. The van der Waals surface area contributed by atoms with Crippen molar-refractivity contribution in [3.63, 3.8) is 0 Å². The number of anilines is 1. The molecule has 0 unspecified atom stereocenters. The Morgan fingerprint density at radius 3 is 2.00 bits per heavy atom. The maximum atomic E-state index is 11.5. The number of imide groups is 1. The number of hydrazine groups is 1. The summed E-state index contributed by atoms with van der Waals surface area (Å²) in [5.74, 6) is 6.50. The summed E-state index contributed by atoms with van der Waals surface area (Å²) in [6, 6.07) is 6.99. The van der Waals surface area contributed by atoms with E-state index in [2.05, 4.69) is 11.7 Å². The van der Waals surface area contributed by atoms with Crippen LogP contribution in [-0.2, 0) is 20.8 Å². The van der Waals surface area contributed by atoms with Crippen LogP contribution >= 0.6 is 12.4 Å². The summed E-state index contributed by atoms with van der Waals surface area (Å²) < 4.78 is 0. The van der Waals surface area contributed by atoms with Crippen molar-refractivity contribution in [1.82, 2.24) is 0 Å². The number of aryl methyl sites for hydroxylation is 1. The predicted molar refractivity (Wildman–Crippen MR) is 84.3 cm³/mol. The van der Waals surface area contributed by atoms with Crippen molar-refractivity contribution in [1.29, 1.82) is 0 Å². The number of hydrogen-bond donors (Lipinski definition) is 3. The summed E-state index contributed by atoms with van der Waals surface area (Å²) in [6.45, 7) is 0. The van der Waals surface area contributed by atoms with Gasteiger partial charge in [0, 0.05) is 18.6 Å². The van der Waals surface area contributed by atoms with Crippen LogP contribution in [-0.4, -0.2) is 22.9 Å². The van der Waals surface area contributed by atoms with Gasteiger partial charge in [0.1, 0.15) is 0 Å². The Morgan fingerprint density at radius 2 is 1.55 bits per heavy atom. The Balaban J connectivity index is 0.00000141. The molecule has 0 bridgehead atoms. The molecule has 1 heterocycles. The molecule has 22 heavy (non-hydrogen) atoms. The fourth-order valence-electron chi connectivity index (χ4n) is 1.91. The van der Waals surface area contributed by atoms with Crippen molar-refractivity contribution in [3.8, 4) is 0 Å². The number of rotatable bonds is 5. The van der Waals surface area contributed by atoms with Gasteiger partial charge in [0.2, 0.25) is 0 Å². The van der Waals surface area contributed by atoms with Crippen LogP contribution in [0.25, 0.3) is 0 Å². The molecular weight excluding hydrogens is 310 g/mol. The molecule has 1 aliphatic rings. The van der Waals surface area contributed by atoms with E-state index < -0.39 is 5.97 Å². The third-order valence-corrected chi connectivity index (χ3v) is 2.86. The van der Waals surface area contributed by atoms with Crippen molar-refractivity contribution < 1.29 is 19.5 Å². The Labute approximate surface area is 134 Å². The Hall–Kier alpha value is -2.22. The van der Waals surface area contributed by atoms with E-state index in [1.54, 1.807) is 24.3 Å². The smallest absolute Gasteiger partial charge is 0.303 e. The highest BCUT2D eigenvalue weighted by Gasteiger charge is 2.24. The van der Waals surface area contributed by atoms with Crippen LogP contribution in [0.4, 0.5) is 5.69 Å². The molecule has 1 aliphatic heterocycles. The molecule has 1 aromatic rings. The van der Waals surface area contributed by atoms with Crippen LogP contribution in [0.1, 0.15) is 18.4 Å². The van der Waals surface area contributed by atoms with E-state index in [1.807, 2.05) is 0 Å². The number of halogens is 1. The molecule has 0 saturated heterocycles. The van der Waals surface area contributed by atoms with Gasteiger partial charge < -0.3 is 5.11 Å². The summed E-state index contributed by atoms with van der Waals surface area (Å²) in [4.78, 5) is 34.4. The molecule has 0 aromatic heterocycles. The number of amides is 2. The van der Waals surface area contributed by atoms with Gasteiger partial charge in [-0.1, -0.05) is 12.1 Å². The Kier molecular flexibility index (Phi) is 8.69. The van der Waals surface area contributed by atoms with Crippen LogP contribution in [0.2, 0.25) is 0 Å². The molecule has 0 radical (unpaired) electrons. The molecule has 7 nitrogen and oxygen atoms in total. The molecule has 8 heteroatoms. The lowest BCUT2D eigenvalue weighted by atomic mass is 10.1. The highest BCUT2D eigenvalue weighted by atomic mass is 35.5. The van der Waals surface area contributed by atoms with Crippen LogP contribution in [0.15, 0.2) is 36.4 Å². The third kappa shape index (κ3) is 5.28. The number of nitrogens with two attached hydrogens (primary N) is 2. The molecule has 0 saturated carbocycles. The van der Waals surface area contributed by atoms with Gasteiger partial charge in [0.15, 0.2) is 0 Å². The highest BCUT2D eigenvalue weighted by Crippen LogP contribution is 2.20. The molecule has 1 aromatic carbocycles. The van der Waals surface area contributed by atoms with E-state index >= 15 is 0 Å². The van der Waals surface area contributed by atoms with Gasteiger partial charge >= 0.3 is 5.97 Å². The summed E-state index contributed by atoms with van der Waals surface area (Å²) in [7, 11) is 0. The lowest BCUT2D eigenvalue weighted by Gasteiger charge is -2.14. The molecule has 5 N–H and O–H groups in total. The second kappa shape index (κ2) is 9.67. The number of nitrogens with zero attached hydrogens (tertiary/aromatic N) is 1. The monoisotopic (exact) mass is 327 g/mol. The van der Waals surface area contributed by atoms with Crippen molar-refractivity contribution >= 4 is 35.9 Å². The zero-order valence-electron chi connectivity index (χ0n) is 11.8. The van der Waals surface area contributed by atoms with Gasteiger partial charge in [-0.15, -0.1) is 12.4 Å². The number of hydrogen-bond acceptors (Lipinski definition) is 5. The minimum absolute atomic E-state index is 0. The Morgan fingerprint density at radius 1 is 1.05 bits per heavy atom. The fourth-order valence-corrected chi connectivity index (χ4v) is 1.91. The average molecular weight is 328 g/mol. The van der Waals surface area contributed by atoms with Crippen molar-refractivity contribution in [3.05, 3.63) is 42.0 Å². The number of carbonyl (C=O) groups excluding carboxylic acids is 2. The van der Waals surface area contributed by atoms with E-state index in [0.29, 0.717) is 18.5 Å². The molecule has 120 valence electrons. The Bertz CT molecular complexity index is 540. The van der Waals surface area contributed by atoms with Crippen LogP contribution < -0.4 is 16.6 Å². The minimum atomic E-state index is -0.809. The first-order valence-corrected chi connectivity index (χ1v) is 6.28. The number of carboxylic acids is 1. The lowest BCUT2D eigenvalue weighted by molar-refractivity contribution is -0.137. The molecule has 2 amide bonds. The first kappa shape index (κ1) is 19.8. The number of aliphatic carboxylic acids is 1. The maximum Gasteiger partial charge on any atom is 0.303 e. The quantitative estimate of drug-likeness (QED) is 0.416. The SMILES string of the molecule is Cl.NN.O=C(O)CCCc1ccc(N2C(=O)C=CC2=O)cc1. The predicted octanol–water partition coefficient (Wildman–Crippen LogP) is 0.764. The van der Waals surface area contributed by atoms with Gasteiger partial charge in [0.05, 0.1) is 5.69 Å². The zero-order valence-corrected chi connectivity index (χ0v) is 12.6. The van der Waals surface area contributed by atoms with E-state index in [9.17, 15) is 14.4 Å². The van der Waals surface area contributed by atoms with Gasteiger partial charge in [-0.3, -0.25) is 26.1 Å². The minimum Gasteiger partial charge on any atom is -0.481 e. The largest absolute Gasteiger partial charge is 0.481 e. The van der Waals surface area contributed by atoms with Gasteiger partial charge in [0.25, 0.3) is 11.8 Å². The van der Waals surface area contributed by atoms with Crippen LogP contribution in [0.5, 0.6) is 0 Å². The number of benzene rings is 1. The first-order valence-electron chi connectivity index (χ1n) is 6.28. The van der Waals surface area contributed by atoms with Crippen molar-refractivity contribution in [2.24, 2.45) is 11.7 Å². The lowest BCUT2D eigenvalue weighted by Crippen LogP contribution is -2.29. The number of carbonyl (C=O) groups is 3. The zero-order chi connectivity index (χ0) is 15.8. The second-order valence-corrected chi connectivity index (χ2v) is 4.26. The van der Waals surface area contributed by atoms with Gasteiger partial charge in [-0.2, -0.15) is 0 Å². The first-order chi connectivity index (χ1) is 10.1. The normalized spacial score (nSPS) is 12.5. The third-order valence-electron chi connectivity index (χ3n) is 2.86.